The summed E-state index contributed by atoms with van der Waals surface area (Å²) in [6.45, 7) is 2.27. The number of aryl methyl sites for hydroxylation is 1. The van der Waals surface area contributed by atoms with Crippen LogP contribution in [0.25, 0.3) is 0 Å². The van der Waals surface area contributed by atoms with Gasteiger partial charge in [0.15, 0.2) is 17.5 Å². The van der Waals surface area contributed by atoms with Crippen LogP contribution < -0.4 is 0 Å². The molecule has 0 N–H and O–H groups in total. The van der Waals surface area contributed by atoms with Gasteiger partial charge in [0.05, 0.1) is 0 Å². The first-order valence-electron chi connectivity index (χ1n) is 11.3. The lowest BCUT2D eigenvalue weighted by Crippen LogP contribution is -2.28. The fraction of sp³-hybridized carbons (Fsp3) is 0.481. The molecule has 1 fully saturated rings. The fourth-order valence-electron chi connectivity index (χ4n) is 5.41. The molecule has 1 saturated carbocycles. The van der Waals surface area contributed by atoms with Gasteiger partial charge in [-0.05, 0) is 85.3 Å². The van der Waals surface area contributed by atoms with Crippen molar-refractivity contribution in [2.45, 2.75) is 70.6 Å². The van der Waals surface area contributed by atoms with E-state index >= 15 is 0 Å². The molecule has 3 atom stereocenters. The highest BCUT2D eigenvalue weighted by molar-refractivity contribution is 5.47. The minimum Gasteiger partial charge on any atom is -0.204 e. The van der Waals surface area contributed by atoms with E-state index in [2.05, 4.69) is 30.9 Å². The van der Waals surface area contributed by atoms with E-state index < -0.39 is 17.5 Å². The van der Waals surface area contributed by atoms with Gasteiger partial charge in [0, 0.05) is 11.1 Å². The van der Waals surface area contributed by atoms with E-state index in [4.69, 9.17) is 0 Å². The van der Waals surface area contributed by atoms with Crippen LogP contribution in [0.15, 0.2) is 30.3 Å². The summed E-state index contributed by atoms with van der Waals surface area (Å²) < 4.78 is 39.9. The number of benzene rings is 2. The van der Waals surface area contributed by atoms with Crippen molar-refractivity contribution in [3.05, 3.63) is 70.0 Å². The van der Waals surface area contributed by atoms with Gasteiger partial charge in [0.25, 0.3) is 0 Å². The van der Waals surface area contributed by atoms with Gasteiger partial charge in [-0.3, -0.25) is 0 Å². The second-order valence-electron chi connectivity index (χ2n) is 9.00. The zero-order chi connectivity index (χ0) is 21.1. The van der Waals surface area contributed by atoms with Crippen LogP contribution in [-0.2, 0) is 6.42 Å². The van der Waals surface area contributed by atoms with Crippen molar-refractivity contribution in [1.82, 2.24) is 0 Å². The molecular formula is C27H29F3. The molecule has 0 spiro atoms. The normalized spacial score (nSPS) is 22.6. The molecule has 0 aliphatic heterocycles. The number of hydrogen-bond acceptors (Lipinski definition) is 0. The Bertz CT molecular complexity index is 943. The molecule has 0 amide bonds. The molecular weight excluding hydrogens is 381 g/mol. The first kappa shape index (κ1) is 21.0. The number of fused-ring (bicyclic) bond motifs is 3. The molecule has 0 aromatic heterocycles. The third-order valence-corrected chi connectivity index (χ3v) is 6.97. The van der Waals surface area contributed by atoms with Gasteiger partial charge in [0.2, 0.25) is 0 Å². The summed E-state index contributed by atoms with van der Waals surface area (Å²) in [6, 6.07) is 8.22. The Morgan fingerprint density at radius 2 is 1.67 bits per heavy atom. The maximum atomic E-state index is 13.4. The molecule has 2 aliphatic carbocycles. The molecule has 158 valence electrons. The molecule has 4 rings (SSSR count). The van der Waals surface area contributed by atoms with Crippen molar-refractivity contribution in [2.75, 3.05) is 0 Å². The van der Waals surface area contributed by atoms with Crippen LogP contribution in [-0.4, -0.2) is 0 Å². The number of hydrogen-bond donors (Lipinski definition) is 0. The Labute approximate surface area is 177 Å². The first-order chi connectivity index (χ1) is 14.5. The lowest BCUT2D eigenvalue weighted by atomic mass is 9.64. The smallest absolute Gasteiger partial charge is 0.194 e. The van der Waals surface area contributed by atoms with E-state index in [9.17, 15) is 13.2 Å². The van der Waals surface area contributed by atoms with E-state index in [1.165, 1.54) is 62.5 Å². The van der Waals surface area contributed by atoms with Gasteiger partial charge in [-0.15, -0.1) is 0 Å². The SMILES string of the molecule is CCCCCC1CCC2c3ccc(C#Cc4cc(F)c(F)c(F)c4)cc3CCC2C1. The Morgan fingerprint density at radius 3 is 2.43 bits per heavy atom. The van der Waals surface area contributed by atoms with Gasteiger partial charge in [-0.1, -0.05) is 50.5 Å². The van der Waals surface area contributed by atoms with E-state index in [0.717, 1.165) is 36.0 Å². The van der Waals surface area contributed by atoms with E-state index in [1.54, 1.807) is 0 Å². The number of rotatable bonds is 4. The van der Waals surface area contributed by atoms with Crippen LogP contribution >= 0.6 is 0 Å². The highest BCUT2D eigenvalue weighted by Gasteiger charge is 2.34. The Hall–Kier alpha value is -2.21. The second kappa shape index (κ2) is 9.29. The first-order valence-corrected chi connectivity index (χ1v) is 11.3. The third kappa shape index (κ3) is 4.59. The van der Waals surface area contributed by atoms with Crippen LogP contribution in [0.4, 0.5) is 13.2 Å². The monoisotopic (exact) mass is 410 g/mol. The molecule has 2 aromatic carbocycles. The summed E-state index contributed by atoms with van der Waals surface area (Å²) in [5.41, 5.74) is 3.82. The average molecular weight is 411 g/mol. The minimum absolute atomic E-state index is 0.144. The summed E-state index contributed by atoms with van der Waals surface area (Å²) in [5, 5.41) is 0. The average Bonchev–Trinajstić information content (AvgIpc) is 2.75. The quantitative estimate of drug-likeness (QED) is 0.278. The summed E-state index contributed by atoms with van der Waals surface area (Å²) in [6.07, 6.45) is 11.7. The molecule has 3 unspecified atom stereocenters. The number of unbranched alkanes of at least 4 members (excludes halogenated alkanes) is 2. The van der Waals surface area contributed by atoms with Gasteiger partial charge < -0.3 is 0 Å². The van der Waals surface area contributed by atoms with Crippen molar-refractivity contribution in [3.63, 3.8) is 0 Å². The molecule has 0 radical (unpaired) electrons. The Balaban J connectivity index is 1.46. The van der Waals surface area contributed by atoms with E-state index in [-0.39, 0.29) is 5.56 Å². The van der Waals surface area contributed by atoms with Gasteiger partial charge in [0.1, 0.15) is 0 Å². The largest absolute Gasteiger partial charge is 0.204 e. The van der Waals surface area contributed by atoms with Gasteiger partial charge in [-0.2, -0.15) is 0 Å². The fourth-order valence-corrected chi connectivity index (χ4v) is 5.41. The lowest BCUT2D eigenvalue weighted by molar-refractivity contribution is 0.199. The predicted octanol–water partition coefficient (Wildman–Crippen LogP) is 7.53. The molecule has 2 aliphatic rings. The van der Waals surface area contributed by atoms with Crippen molar-refractivity contribution < 1.29 is 13.2 Å². The molecule has 0 heterocycles. The molecule has 30 heavy (non-hydrogen) atoms. The standard InChI is InChI=1S/C27H29F3/c1-2-3-4-5-18-8-12-23-21(14-18)10-11-22-15-19(9-13-24(22)23)6-7-20-16-25(28)27(30)26(29)17-20/h9,13,15-18,21,23H,2-5,8,10-12,14H2,1H3. The van der Waals surface area contributed by atoms with Crippen LogP contribution in [0.3, 0.4) is 0 Å². The topological polar surface area (TPSA) is 0 Å². The maximum absolute atomic E-state index is 13.4. The minimum atomic E-state index is -1.45. The van der Waals surface area contributed by atoms with Crippen LogP contribution in [0.1, 0.15) is 86.5 Å². The molecule has 0 bridgehead atoms. The third-order valence-electron chi connectivity index (χ3n) is 6.97. The molecule has 2 aromatic rings. The summed E-state index contributed by atoms with van der Waals surface area (Å²) in [4.78, 5) is 0. The molecule has 3 heteroatoms. The Morgan fingerprint density at radius 1 is 0.900 bits per heavy atom. The van der Waals surface area contributed by atoms with Crippen molar-refractivity contribution in [2.24, 2.45) is 11.8 Å². The van der Waals surface area contributed by atoms with E-state index in [0.29, 0.717) is 5.92 Å². The lowest BCUT2D eigenvalue weighted by Gasteiger charge is -2.40. The Kier molecular flexibility index (Phi) is 6.52. The highest BCUT2D eigenvalue weighted by Crippen LogP contribution is 2.48. The van der Waals surface area contributed by atoms with Crippen molar-refractivity contribution >= 4 is 0 Å². The van der Waals surface area contributed by atoms with E-state index in [1.807, 2.05) is 6.07 Å². The zero-order valence-corrected chi connectivity index (χ0v) is 17.6. The van der Waals surface area contributed by atoms with Crippen molar-refractivity contribution in [3.8, 4) is 11.8 Å². The summed E-state index contributed by atoms with van der Waals surface area (Å²) in [7, 11) is 0. The van der Waals surface area contributed by atoms with Gasteiger partial charge in [-0.25, -0.2) is 13.2 Å². The van der Waals surface area contributed by atoms with Crippen molar-refractivity contribution in [1.29, 1.82) is 0 Å². The maximum Gasteiger partial charge on any atom is 0.194 e. The highest BCUT2D eigenvalue weighted by atomic mass is 19.2. The summed E-state index contributed by atoms with van der Waals surface area (Å²) >= 11 is 0. The number of halogens is 3. The molecule has 0 nitrogen and oxygen atoms in total. The van der Waals surface area contributed by atoms with Gasteiger partial charge >= 0.3 is 0 Å². The molecule has 0 saturated heterocycles. The zero-order valence-electron chi connectivity index (χ0n) is 17.6. The van der Waals surface area contributed by atoms with Crippen LogP contribution in [0, 0.1) is 41.1 Å². The second-order valence-corrected chi connectivity index (χ2v) is 9.00. The summed E-state index contributed by atoms with van der Waals surface area (Å²) in [5.74, 6) is 4.26. The van der Waals surface area contributed by atoms with Crippen LogP contribution in [0.2, 0.25) is 0 Å². The predicted molar refractivity (Wildman–Crippen MR) is 115 cm³/mol. The van der Waals surface area contributed by atoms with Crippen LogP contribution in [0.5, 0.6) is 0 Å².